The molecule has 2 saturated heterocycles. The Morgan fingerprint density at radius 1 is 1.09 bits per heavy atom. The van der Waals surface area contributed by atoms with Crippen molar-refractivity contribution in [2.75, 3.05) is 31.2 Å². The van der Waals surface area contributed by atoms with Gasteiger partial charge in [0.1, 0.15) is 17.2 Å². The van der Waals surface area contributed by atoms with Crippen LogP contribution in [-0.2, 0) is 16.0 Å². The molecule has 0 atom stereocenters. The fourth-order valence-electron chi connectivity index (χ4n) is 4.63. The van der Waals surface area contributed by atoms with Crippen molar-refractivity contribution in [3.05, 3.63) is 75.6 Å². The van der Waals surface area contributed by atoms with E-state index in [4.69, 9.17) is 9.47 Å². The minimum atomic E-state index is -1.41. The molecule has 0 radical (unpaired) electrons. The molecule has 2 aliphatic rings. The van der Waals surface area contributed by atoms with Gasteiger partial charge < -0.3 is 24.0 Å². The van der Waals surface area contributed by atoms with E-state index in [0.29, 0.717) is 55.9 Å². The van der Waals surface area contributed by atoms with E-state index in [1.165, 1.54) is 18.3 Å². The number of carboxylic acids is 1. The lowest BCUT2D eigenvalue weighted by Gasteiger charge is -2.38. The highest BCUT2D eigenvalue weighted by molar-refractivity contribution is 5.93. The second-order valence-corrected chi connectivity index (χ2v) is 8.35. The van der Waals surface area contributed by atoms with E-state index in [0.717, 1.165) is 6.07 Å². The van der Waals surface area contributed by atoms with E-state index in [1.807, 2.05) is 4.90 Å². The Morgan fingerprint density at radius 3 is 2.48 bits per heavy atom. The van der Waals surface area contributed by atoms with Gasteiger partial charge in [0.2, 0.25) is 5.43 Å². The number of benzene rings is 2. The molecule has 1 N–H and O–H groups in total. The summed E-state index contributed by atoms with van der Waals surface area (Å²) in [6.45, 7) is 2.21. The molecule has 1 aromatic heterocycles. The molecule has 3 heterocycles. The summed E-state index contributed by atoms with van der Waals surface area (Å²) in [4.78, 5) is 26.3. The number of pyridine rings is 1. The molecule has 0 saturated carbocycles. The Balaban J connectivity index is 1.58. The topological polar surface area (TPSA) is 81.0 Å². The average Bonchev–Trinajstić information content (AvgIpc) is 3.24. The van der Waals surface area contributed by atoms with Gasteiger partial charge in [-0.25, -0.2) is 13.6 Å². The largest absolute Gasteiger partial charge is 0.477 e. The van der Waals surface area contributed by atoms with Gasteiger partial charge in [0, 0.05) is 44.1 Å². The van der Waals surface area contributed by atoms with Crippen LogP contribution >= 0.6 is 0 Å². The number of fused-ring (bicyclic) bond motifs is 1. The second-order valence-electron chi connectivity index (χ2n) is 8.35. The van der Waals surface area contributed by atoms with Crippen LogP contribution in [0.2, 0.25) is 0 Å². The van der Waals surface area contributed by atoms with E-state index in [1.54, 1.807) is 22.8 Å². The van der Waals surface area contributed by atoms with Gasteiger partial charge >= 0.3 is 5.97 Å². The number of halogens is 2. The van der Waals surface area contributed by atoms with Gasteiger partial charge in [-0.1, -0.05) is 12.1 Å². The monoisotopic (exact) mass is 456 g/mol. The molecule has 0 amide bonds. The summed E-state index contributed by atoms with van der Waals surface area (Å²) < 4.78 is 41.9. The van der Waals surface area contributed by atoms with Gasteiger partial charge in [-0.15, -0.1) is 0 Å². The fraction of sp³-hybridized carbons (Fsp3) is 0.333. The second kappa shape index (κ2) is 8.24. The minimum Gasteiger partial charge on any atom is -0.477 e. The zero-order valence-electron chi connectivity index (χ0n) is 17.7. The van der Waals surface area contributed by atoms with Gasteiger partial charge in [0.05, 0.1) is 24.4 Å². The number of anilines is 1. The lowest BCUT2D eigenvalue weighted by atomic mass is 10.0. The minimum absolute atomic E-state index is 0.0384. The molecule has 33 heavy (non-hydrogen) atoms. The lowest BCUT2D eigenvalue weighted by Crippen LogP contribution is -2.45. The summed E-state index contributed by atoms with van der Waals surface area (Å²) in [6.07, 6.45) is 2.39. The van der Waals surface area contributed by atoms with Crippen LogP contribution in [0.5, 0.6) is 0 Å². The maximum absolute atomic E-state index is 15.1. The highest BCUT2D eigenvalue weighted by Crippen LogP contribution is 2.35. The predicted octanol–water partition coefficient (Wildman–Crippen LogP) is 3.37. The van der Waals surface area contributed by atoms with Crippen LogP contribution in [0.25, 0.3) is 10.9 Å². The maximum Gasteiger partial charge on any atom is 0.341 e. The molecule has 0 bridgehead atoms. The van der Waals surface area contributed by atoms with Gasteiger partial charge in [0.15, 0.2) is 5.79 Å². The van der Waals surface area contributed by atoms with Crippen molar-refractivity contribution in [2.45, 2.75) is 25.2 Å². The first-order valence-electron chi connectivity index (χ1n) is 10.7. The van der Waals surface area contributed by atoms with Crippen molar-refractivity contribution >= 4 is 22.6 Å². The molecular weight excluding hydrogens is 434 g/mol. The molecule has 9 heteroatoms. The molecule has 172 valence electrons. The number of ether oxygens (including phenoxy) is 2. The zero-order valence-corrected chi connectivity index (χ0v) is 17.7. The van der Waals surface area contributed by atoms with Crippen LogP contribution < -0.4 is 10.3 Å². The number of carboxylic acid groups (broad SMARTS) is 1. The summed E-state index contributed by atoms with van der Waals surface area (Å²) in [6, 6.07) is 8.54. The normalized spacial score (nSPS) is 17.7. The number of hydrogen-bond donors (Lipinski definition) is 1. The Kier molecular flexibility index (Phi) is 5.38. The fourth-order valence-corrected chi connectivity index (χ4v) is 4.63. The van der Waals surface area contributed by atoms with Gasteiger partial charge in [0.25, 0.3) is 0 Å². The maximum atomic E-state index is 15.1. The standard InChI is InChI=1S/C24H22F2N2O5/c25-16-3-1-2-15(10-16)13-28-14-18(23(30)31)22(29)17-11-19(26)21(12-20(17)28)27-6-4-24(5-7-27)32-8-9-33-24/h1-3,10-12,14H,4-9,13H2,(H,30,31). The third-order valence-electron chi connectivity index (χ3n) is 6.30. The summed E-state index contributed by atoms with van der Waals surface area (Å²) in [5.41, 5.74) is 0.0352. The number of aromatic carboxylic acids is 1. The number of piperidine rings is 1. The Morgan fingerprint density at radius 2 is 1.82 bits per heavy atom. The van der Waals surface area contributed by atoms with Crippen molar-refractivity contribution < 1.29 is 28.2 Å². The van der Waals surface area contributed by atoms with Crippen LogP contribution in [-0.4, -0.2) is 47.7 Å². The van der Waals surface area contributed by atoms with Gasteiger partial charge in [-0.05, 0) is 29.8 Å². The Labute approximate surface area is 187 Å². The highest BCUT2D eigenvalue weighted by atomic mass is 19.1. The van der Waals surface area contributed by atoms with E-state index in [9.17, 15) is 19.1 Å². The molecule has 2 aromatic carbocycles. The Bertz CT molecular complexity index is 1290. The molecule has 2 aliphatic heterocycles. The summed E-state index contributed by atoms with van der Waals surface area (Å²) in [7, 11) is 0. The first-order valence-corrected chi connectivity index (χ1v) is 10.7. The smallest absolute Gasteiger partial charge is 0.341 e. The molecule has 1 spiro atoms. The first kappa shape index (κ1) is 21.5. The van der Waals surface area contributed by atoms with Crippen molar-refractivity contribution in [2.24, 2.45) is 0 Å². The molecule has 0 unspecified atom stereocenters. The molecule has 2 fully saturated rings. The number of hydrogen-bond acceptors (Lipinski definition) is 5. The van der Waals surface area contributed by atoms with E-state index < -0.39 is 34.4 Å². The van der Waals surface area contributed by atoms with Gasteiger partial charge in [-0.2, -0.15) is 0 Å². The van der Waals surface area contributed by atoms with E-state index >= 15 is 4.39 Å². The highest BCUT2D eigenvalue weighted by Gasteiger charge is 2.40. The quantitative estimate of drug-likeness (QED) is 0.649. The van der Waals surface area contributed by atoms with Crippen molar-refractivity contribution in [1.29, 1.82) is 0 Å². The molecular formula is C24H22F2N2O5. The van der Waals surface area contributed by atoms with Crippen LogP contribution in [0.1, 0.15) is 28.8 Å². The molecule has 7 nitrogen and oxygen atoms in total. The predicted molar refractivity (Wildman–Crippen MR) is 117 cm³/mol. The van der Waals surface area contributed by atoms with E-state index in [-0.39, 0.29) is 11.9 Å². The molecule has 3 aromatic rings. The van der Waals surface area contributed by atoms with Crippen LogP contribution in [0.15, 0.2) is 47.4 Å². The summed E-state index contributed by atoms with van der Waals surface area (Å²) in [5, 5.41) is 9.45. The van der Waals surface area contributed by atoms with Crippen molar-refractivity contribution in [3.63, 3.8) is 0 Å². The molecule has 5 rings (SSSR count). The van der Waals surface area contributed by atoms with Crippen LogP contribution in [0, 0.1) is 11.6 Å². The SMILES string of the molecule is O=C(O)c1cn(Cc2cccc(F)c2)c2cc(N3CCC4(CC3)OCCO4)c(F)cc2c1=O. The third-order valence-corrected chi connectivity index (χ3v) is 6.30. The third kappa shape index (κ3) is 3.98. The number of carbonyl (C=O) groups is 1. The number of aromatic nitrogens is 1. The number of nitrogens with zero attached hydrogens (tertiary/aromatic N) is 2. The first-order chi connectivity index (χ1) is 15.8. The van der Waals surface area contributed by atoms with E-state index in [2.05, 4.69) is 0 Å². The Hall–Kier alpha value is -3.30. The number of rotatable bonds is 4. The summed E-state index contributed by atoms with van der Waals surface area (Å²) >= 11 is 0. The van der Waals surface area contributed by atoms with Gasteiger partial charge in [-0.3, -0.25) is 4.79 Å². The van der Waals surface area contributed by atoms with Crippen molar-refractivity contribution in [3.8, 4) is 0 Å². The van der Waals surface area contributed by atoms with Crippen LogP contribution in [0.3, 0.4) is 0 Å². The summed E-state index contributed by atoms with van der Waals surface area (Å²) in [5.74, 6) is -3.05. The van der Waals surface area contributed by atoms with Crippen LogP contribution in [0.4, 0.5) is 14.5 Å². The lowest BCUT2D eigenvalue weighted by molar-refractivity contribution is -0.169. The van der Waals surface area contributed by atoms with Crippen molar-refractivity contribution in [1.82, 2.24) is 4.57 Å². The zero-order chi connectivity index (χ0) is 23.2. The average molecular weight is 456 g/mol. The molecule has 0 aliphatic carbocycles.